The van der Waals surface area contributed by atoms with Crippen LogP contribution in [0.5, 0.6) is 0 Å². The van der Waals surface area contributed by atoms with Gasteiger partial charge in [-0.25, -0.2) is 20.0 Å². The zero-order valence-electron chi connectivity index (χ0n) is 19.5. The Labute approximate surface area is 211 Å². The van der Waals surface area contributed by atoms with Gasteiger partial charge in [0.25, 0.3) is 5.91 Å². The third-order valence-corrected chi connectivity index (χ3v) is 5.22. The fourth-order valence-electron chi connectivity index (χ4n) is 3.42. The Morgan fingerprint density at radius 3 is 2.62 bits per heavy atom. The summed E-state index contributed by atoms with van der Waals surface area (Å²) in [6.45, 7) is 0.0507. The van der Waals surface area contributed by atoms with E-state index in [1.807, 2.05) is 30.3 Å². The molecule has 188 valence electrons. The number of amides is 2. The maximum absolute atomic E-state index is 12.8. The zero-order chi connectivity index (χ0) is 26.0. The smallest absolute Gasteiger partial charge is 0.408 e. The fourth-order valence-corrected chi connectivity index (χ4v) is 3.42. The molecule has 4 aromatic rings. The normalized spacial score (nSPS) is 11.7. The van der Waals surface area contributed by atoms with Gasteiger partial charge < -0.3 is 24.6 Å². The van der Waals surface area contributed by atoms with Gasteiger partial charge in [0.05, 0.1) is 18.1 Å². The Kier molecular flexibility index (Phi) is 8.07. The number of ether oxygens (including phenoxy) is 1. The number of aromatic nitrogens is 2. The second-order valence-electron chi connectivity index (χ2n) is 7.83. The Morgan fingerprint density at radius 1 is 1.08 bits per heavy atom. The van der Waals surface area contributed by atoms with E-state index in [4.69, 9.17) is 9.15 Å². The monoisotopic (exact) mass is 501 g/mol. The molecule has 0 radical (unpaired) electrons. The summed E-state index contributed by atoms with van der Waals surface area (Å²) in [6, 6.07) is 17.8. The highest BCUT2D eigenvalue weighted by Crippen LogP contribution is 2.25. The van der Waals surface area contributed by atoms with Gasteiger partial charge in [-0.2, -0.15) is 5.10 Å². The van der Waals surface area contributed by atoms with Crippen LogP contribution in [-0.2, 0) is 22.6 Å². The highest BCUT2D eigenvalue weighted by atomic mass is 16.5. The molecule has 0 aliphatic rings. The van der Waals surface area contributed by atoms with Crippen molar-refractivity contribution < 1.29 is 28.6 Å². The minimum absolute atomic E-state index is 0.0507. The van der Waals surface area contributed by atoms with Crippen LogP contribution in [0.1, 0.15) is 27.4 Å². The summed E-state index contributed by atoms with van der Waals surface area (Å²) in [5.41, 5.74) is 4.32. The van der Waals surface area contributed by atoms with E-state index in [1.54, 1.807) is 36.5 Å². The van der Waals surface area contributed by atoms with E-state index in [2.05, 4.69) is 25.8 Å². The average Bonchev–Trinajstić information content (AvgIpc) is 3.60. The quantitative estimate of drug-likeness (QED) is 0.191. The van der Waals surface area contributed by atoms with Gasteiger partial charge in [0.1, 0.15) is 24.2 Å². The first kappa shape index (κ1) is 24.9. The molecule has 0 spiro atoms. The molecule has 11 nitrogen and oxygen atoms in total. The minimum atomic E-state index is -1.08. The average molecular weight is 501 g/mol. The van der Waals surface area contributed by atoms with Crippen molar-refractivity contribution in [3.63, 3.8) is 0 Å². The lowest BCUT2D eigenvalue weighted by Crippen LogP contribution is -2.47. The number of aromatic amines is 1. The standard InChI is InChI=1S/C26H23N5O6/c32-24(31-29-14-19-10-11-23(37-19)20-8-4-5-9-21(20)25(33)34)22(12-18-13-27-16-28-18)30-26(35)36-15-17-6-2-1-3-7-17/h1-11,13-14,16,22H,12,15H2,(H,27,28)(H,30,35)(H,31,32)(H,33,34)/b29-14-/t22-/m0/s1. The van der Waals surface area contributed by atoms with E-state index in [0.29, 0.717) is 17.0 Å². The Bertz CT molecular complexity index is 1380. The number of nitrogens with zero attached hydrogens (tertiary/aromatic N) is 2. The van der Waals surface area contributed by atoms with Crippen LogP contribution < -0.4 is 10.7 Å². The maximum Gasteiger partial charge on any atom is 0.408 e. The molecule has 4 rings (SSSR count). The summed E-state index contributed by atoms with van der Waals surface area (Å²) < 4.78 is 10.9. The largest absolute Gasteiger partial charge is 0.478 e. The van der Waals surface area contributed by atoms with Crippen LogP contribution in [-0.4, -0.2) is 45.3 Å². The van der Waals surface area contributed by atoms with E-state index in [9.17, 15) is 19.5 Å². The van der Waals surface area contributed by atoms with E-state index < -0.39 is 24.0 Å². The number of hydrogen-bond donors (Lipinski definition) is 4. The lowest BCUT2D eigenvalue weighted by atomic mass is 10.1. The van der Waals surface area contributed by atoms with Crippen molar-refractivity contribution in [1.29, 1.82) is 0 Å². The number of benzene rings is 2. The summed E-state index contributed by atoms with van der Waals surface area (Å²) in [5, 5.41) is 15.8. The first-order valence-electron chi connectivity index (χ1n) is 11.2. The van der Waals surface area contributed by atoms with Crippen LogP contribution in [0, 0.1) is 0 Å². The highest BCUT2D eigenvalue weighted by molar-refractivity contribution is 5.95. The molecule has 1 atom stereocenters. The molecule has 0 saturated carbocycles. The number of carbonyl (C=O) groups excluding carboxylic acids is 2. The highest BCUT2D eigenvalue weighted by Gasteiger charge is 2.22. The maximum atomic E-state index is 12.8. The molecule has 2 amide bonds. The molecular weight excluding hydrogens is 478 g/mol. The molecule has 0 saturated heterocycles. The predicted molar refractivity (Wildman–Crippen MR) is 133 cm³/mol. The minimum Gasteiger partial charge on any atom is -0.478 e. The van der Waals surface area contributed by atoms with Gasteiger partial charge in [-0.15, -0.1) is 0 Å². The van der Waals surface area contributed by atoms with Crippen molar-refractivity contribution in [2.75, 3.05) is 0 Å². The van der Waals surface area contributed by atoms with Gasteiger partial charge in [-0.3, -0.25) is 4.79 Å². The van der Waals surface area contributed by atoms with Crippen molar-refractivity contribution in [3.8, 4) is 11.3 Å². The molecule has 11 heteroatoms. The second-order valence-corrected chi connectivity index (χ2v) is 7.83. The summed E-state index contributed by atoms with van der Waals surface area (Å²) in [4.78, 5) is 43.4. The van der Waals surface area contributed by atoms with Crippen LogP contribution in [0.25, 0.3) is 11.3 Å². The summed E-state index contributed by atoms with van der Waals surface area (Å²) in [5.74, 6) is -1.04. The van der Waals surface area contributed by atoms with E-state index in [-0.39, 0.29) is 24.4 Å². The number of hydrogen-bond acceptors (Lipinski definition) is 7. The zero-order valence-corrected chi connectivity index (χ0v) is 19.5. The van der Waals surface area contributed by atoms with Crippen molar-refractivity contribution >= 4 is 24.2 Å². The van der Waals surface area contributed by atoms with Gasteiger partial charge >= 0.3 is 12.1 Å². The van der Waals surface area contributed by atoms with E-state index in [1.165, 1.54) is 18.6 Å². The molecule has 0 fully saturated rings. The van der Waals surface area contributed by atoms with Crippen LogP contribution in [0.2, 0.25) is 0 Å². The predicted octanol–water partition coefficient (Wildman–Crippen LogP) is 3.36. The SMILES string of the molecule is O=C(N[C@@H](Cc1cnc[nH]1)C(=O)N/N=C\c1ccc(-c2ccccc2C(=O)O)o1)OCc1ccccc1. The summed E-state index contributed by atoms with van der Waals surface area (Å²) >= 11 is 0. The number of carbonyl (C=O) groups is 3. The third kappa shape index (κ3) is 6.92. The molecule has 37 heavy (non-hydrogen) atoms. The number of aromatic carboxylic acids is 1. The molecule has 0 unspecified atom stereocenters. The van der Waals surface area contributed by atoms with Gasteiger partial charge in [0.15, 0.2) is 0 Å². The second kappa shape index (κ2) is 12.0. The lowest BCUT2D eigenvalue weighted by molar-refractivity contribution is -0.123. The van der Waals surface area contributed by atoms with Crippen LogP contribution in [0.4, 0.5) is 4.79 Å². The van der Waals surface area contributed by atoms with Crippen molar-refractivity contribution in [2.24, 2.45) is 5.10 Å². The number of rotatable bonds is 10. The lowest BCUT2D eigenvalue weighted by Gasteiger charge is -2.16. The van der Waals surface area contributed by atoms with Crippen LogP contribution in [0.15, 0.2) is 88.8 Å². The Hall–Kier alpha value is -5.19. The number of hydrazone groups is 1. The fraction of sp³-hybridized carbons (Fsp3) is 0.115. The number of carboxylic acids is 1. The molecule has 0 aliphatic heterocycles. The Morgan fingerprint density at radius 2 is 1.86 bits per heavy atom. The molecule has 2 heterocycles. The summed E-state index contributed by atoms with van der Waals surface area (Å²) in [7, 11) is 0. The van der Waals surface area contributed by atoms with Crippen LogP contribution >= 0.6 is 0 Å². The van der Waals surface area contributed by atoms with Gasteiger partial charge in [-0.05, 0) is 23.8 Å². The number of imidazole rings is 1. The van der Waals surface area contributed by atoms with Crippen molar-refractivity contribution in [3.05, 3.63) is 102 Å². The van der Waals surface area contributed by atoms with Gasteiger partial charge in [0, 0.05) is 23.9 Å². The van der Waals surface area contributed by atoms with E-state index >= 15 is 0 Å². The Balaban J connectivity index is 1.38. The topological polar surface area (TPSA) is 159 Å². The summed E-state index contributed by atoms with van der Waals surface area (Å²) in [6.07, 6.45) is 3.64. The molecule has 4 N–H and O–H groups in total. The first-order chi connectivity index (χ1) is 18.0. The molecule has 2 aromatic heterocycles. The molecule has 0 aliphatic carbocycles. The molecule has 0 bridgehead atoms. The first-order valence-corrected chi connectivity index (χ1v) is 11.2. The van der Waals surface area contributed by atoms with Gasteiger partial charge in [-0.1, -0.05) is 48.5 Å². The number of H-pyrrole nitrogens is 1. The van der Waals surface area contributed by atoms with Crippen molar-refractivity contribution in [1.82, 2.24) is 20.7 Å². The number of carboxylic acid groups (broad SMARTS) is 1. The number of furan rings is 1. The molecular formula is C26H23N5O6. The third-order valence-electron chi connectivity index (χ3n) is 5.22. The number of alkyl carbamates (subject to hydrolysis) is 1. The van der Waals surface area contributed by atoms with Gasteiger partial charge in [0.2, 0.25) is 0 Å². The number of nitrogens with one attached hydrogen (secondary N) is 3. The van der Waals surface area contributed by atoms with Crippen molar-refractivity contribution in [2.45, 2.75) is 19.1 Å². The van der Waals surface area contributed by atoms with Crippen LogP contribution in [0.3, 0.4) is 0 Å². The van der Waals surface area contributed by atoms with E-state index in [0.717, 1.165) is 5.56 Å². The molecule has 2 aromatic carbocycles.